The molecule has 0 N–H and O–H groups in total. The minimum Gasteiger partial charge on any atom is -0.482 e. The quantitative estimate of drug-likeness (QED) is 0.666. The summed E-state index contributed by atoms with van der Waals surface area (Å²) in [7, 11) is 1.62. The SMILES string of the molecule is CC(C)c1ccc(OCC(=O)O[C@H](C)C(=O)N(C)C2(C#N)CCCCC2)cc1. The molecule has 1 aliphatic carbocycles. The lowest BCUT2D eigenvalue weighted by Gasteiger charge is -2.39. The number of esters is 1. The van der Waals surface area contributed by atoms with Gasteiger partial charge in [-0.25, -0.2) is 4.79 Å². The molecule has 0 aromatic heterocycles. The Morgan fingerprint density at radius 2 is 1.75 bits per heavy atom. The van der Waals surface area contributed by atoms with Crippen molar-refractivity contribution in [1.82, 2.24) is 4.90 Å². The lowest BCUT2D eigenvalue weighted by atomic mass is 9.81. The Bertz CT molecular complexity index is 715. The van der Waals surface area contributed by atoms with Gasteiger partial charge in [0.2, 0.25) is 0 Å². The molecule has 1 aliphatic rings. The highest BCUT2D eigenvalue weighted by Gasteiger charge is 2.40. The van der Waals surface area contributed by atoms with E-state index in [-0.39, 0.29) is 12.5 Å². The maximum atomic E-state index is 12.7. The van der Waals surface area contributed by atoms with Crippen molar-refractivity contribution < 1.29 is 19.1 Å². The van der Waals surface area contributed by atoms with E-state index in [9.17, 15) is 14.9 Å². The normalized spacial score (nSPS) is 16.7. The first kappa shape index (κ1) is 21.7. The third-order valence-corrected chi connectivity index (χ3v) is 5.42. The summed E-state index contributed by atoms with van der Waals surface area (Å²) in [5.41, 5.74) is 0.385. The number of rotatable bonds is 7. The highest BCUT2D eigenvalue weighted by molar-refractivity contribution is 5.84. The van der Waals surface area contributed by atoms with E-state index in [1.165, 1.54) is 17.4 Å². The molecule has 1 aromatic carbocycles. The van der Waals surface area contributed by atoms with Gasteiger partial charge in [0, 0.05) is 7.05 Å². The van der Waals surface area contributed by atoms with Crippen molar-refractivity contribution in [2.45, 2.75) is 70.4 Å². The molecule has 0 spiro atoms. The van der Waals surface area contributed by atoms with Crippen molar-refractivity contribution in [3.63, 3.8) is 0 Å². The maximum Gasteiger partial charge on any atom is 0.344 e. The van der Waals surface area contributed by atoms with Gasteiger partial charge in [-0.05, 0) is 43.4 Å². The minimum atomic E-state index is -0.962. The van der Waals surface area contributed by atoms with Crippen molar-refractivity contribution in [3.8, 4) is 11.8 Å². The van der Waals surface area contributed by atoms with Gasteiger partial charge >= 0.3 is 5.97 Å². The van der Waals surface area contributed by atoms with Crippen LogP contribution >= 0.6 is 0 Å². The molecular formula is C22H30N2O4. The number of hydrogen-bond acceptors (Lipinski definition) is 5. The van der Waals surface area contributed by atoms with Crippen LogP contribution in [0.2, 0.25) is 0 Å². The zero-order chi connectivity index (χ0) is 20.7. The van der Waals surface area contributed by atoms with Crippen molar-refractivity contribution in [3.05, 3.63) is 29.8 Å². The third-order valence-electron chi connectivity index (χ3n) is 5.42. The molecule has 0 heterocycles. The highest BCUT2D eigenvalue weighted by atomic mass is 16.6. The van der Waals surface area contributed by atoms with Crippen LogP contribution in [-0.4, -0.2) is 42.1 Å². The van der Waals surface area contributed by atoms with Gasteiger partial charge in [-0.3, -0.25) is 4.79 Å². The van der Waals surface area contributed by atoms with Crippen molar-refractivity contribution in [2.75, 3.05) is 13.7 Å². The van der Waals surface area contributed by atoms with Crippen LogP contribution in [0, 0.1) is 11.3 Å². The van der Waals surface area contributed by atoms with Gasteiger partial charge in [-0.1, -0.05) is 45.2 Å². The molecule has 6 nitrogen and oxygen atoms in total. The van der Waals surface area contributed by atoms with Crippen molar-refractivity contribution in [1.29, 1.82) is 5.26 Å². The first-order valence-electron chi connectivity index (χ1n) is 9.90. The van der Waals surface area contributed by atoms with Crippen LogP contribution in [0.3, 0.4) is 0 Å². The van der Waals surface area contributed by atoms with Gasteiger partial charge in [-0.15, -0.1) is 0 Å². The topological polar surface area (TPSA) is 79.6 Å². The number of amides is 1. The van der Waals surface area contributed by atoms with E-state index in [4.69, 9.17) is 9.47 Å². The molecule has 0 bridgehead atoms. The Morgan fingerprint density at radius 3 is 2.29 bits per heavy atom. The third kappa shape index (κ3) is 5.25. The Hall–Kier alpha value is -2.55. The summed E-state index contributed by atoms with van der Waals surface area (Å²) < 4.78 is 10.7. The van der Waals surface area contributed by atoms with Crippen LogP contribution in [0.15, 0.2) is 24.3 Å². The lowest BCUT2D eigenvalue weighted by molar-refractivity contribution is -0.162. The Balaban J connectivity index is 1.87. The summed E-state index contributed by atoms with van der Waals surface area (Å²) in [5, 5.41) is 9.62. The Kier molecular flexibility index (Phi) is 7.45. The lowest BCUT2D eigenvalue weighted by Crippen LogP contribution is -2.53. The summed E-state index contributed by atoms with van der Waals surface area (Å²) in [6.07, 6.45) is 3.26. The van der Waals surface area contributed by atoms with Crippen LogP contribution in [0.4, 0.5) is 0 Å². The first-order chi connectivity index (χ1) is 13.3. The van der Waals surface area contributed by atoms with Crippen molar-refractivity contribution >= 4 is 11.9 Å². The minimum absolute atomic E-state index is 0.272. The van der Waals surface area contributed by atoms with Gasteiger partial charge in [-0.2, -0.15) is 5.26 Å². The van der Waals surface area contributed by atoms with Crippen LogP contribution in [0.25, 0.3) is 0 Å². The molecular weight excluding hydrogens is 356 g/mol. The fraction of sp³-hybridized carbons (Fsp3) is 0.591. The van der Waals surface area contributed by atoms with E-state index in [1.54, 1.807) is 7.05 Å². The standard InChI is InChI=1S/C22H30N2O4/c1-16(2)18-8-10-19(11-9-18)27-14-20(25)28-17(3)21(26)24(4)22(15-23)12-6-5-7-13-22/h8-11,16-17H,5-7,12-14H2,1-4H3/t17-/m1/s1. The fourth-order valence-corrected chi connectivity index (χ4v) is 3.52. The van der Waals surface area contributed by atoms with Crippen LogP contribution in [-0.2, 0) is 14.3 Å². The number of carbonyl (C=O) groups is 2. The second-order valence-corrected chi connectivity index (χ2v) is 7.75. The highest BCUT2D eigenvalue weighted by Crippen LogP contribution is 2.32. The first-order valence-corrected chi connectivity index (χ1v) is 9.90. The van der Waals surface area contributed by atoms with Gasteiger partial charge in [0.15, 0.2) is 12.7 Å². The smallest absolute Gasteiger partial charge is 0.344 e. The fourth-order valence-electron chi connectivity index (χ4n) is 3.52. The Labute approximate surface area is 167 Å². The monoisotopic (exact) mass is 386 g/mol. The average Bonchev–Trinajstić information content (AvgIpc) is 2.71. The van der Waals surface area contributed by atoms with E-state index >= 15 is 0 Å². The maximum absolute atomic E-state index is 12.7. The molecule has 1 atom stereocenters. The predicted molar refractivity (Wildman–Crippen MR) is 106 cm³/mol. The predicted octanol–water partition coefficient (Wildman–Crippen LogP) is 3.81. The average molecular weight is 386 g/mol. The van der Waals surface area contributed by atoms with Gasteiger partial charge in [0.25, 0.3) is 5.91 Å². The number of hydrogen-bond donors (Lipinski definition) is 0. The zero-order valence-corrected chi connectivity index (χ0v) is 17.2. The van der Waals surface area contributed by atoms with Gasteiger partial charge in [0.05, 0.1) is 6.07 Å². The van der Waals surface area contributed by atoms with Crippen molar-refractivity contribution in [2.24, 2.45) is 0 Å². The summed E-state index contributed by atoms with van der Waals surface area (Å²) in [4.78, 5) is 26.2. The van der Waals surface area contributed by atoms with E-state index in [1.807, 2.05) is 24.3 Å². The molecule has 0 aliphatic heterocycles. The summed E-state index contributed by atoms with van der Waals surface area (Å²) >= 11 is 0. The van der Waals surface area contributed by atoms with Gasteiger partial charge in [0.1, 0.15) is 11.3 Å². The largest absolute Gasteiger partial charge is 0.482 e. The van der Waals surface area contributed by atoms with Crippen LogP contribution in [0.1, 0.15) is 64.4 Å². The molecule has 0 unspecified atom stereocenters. The summed E-state index contributed by atoms with van der Waals surface area (Å²) in [6.45, 7) is 5.46. The van der Waals surface area contributed by atoms with Crippen LogP contribution < -0.4 is 4.74 Å². The number of nitrogens with zero attached hydrogens (tertiary/aromatic N) is 2. The zero-order valence-electron chi connectivity index (χ0n) is 17.2. The molecule has 0 saturated heterocycles. The number of ether oxygens (including phenoxy) is 2. The number of carbonyl (C=O) groups excluding carboxylic acids is 2. The second-order valence-electron chi connectivity index (χ2n) is 7.75. The summed E-state index contributed by atoms with van der Waals surface area (Å²) in [6, 6.07) is 9.84. The number of likely N-dealkylation sites (N-methyl/N-ethyl adjacent to an activating group) is 1. The molecule has 0 radical (unpaired) electrons. The van der Waals surface area contributed by atoms with E-state index < -0.39 is 17.6 Å². The Morgan fingerprint density at radius 1 is 1.14 bits per heavy atom. The molecule has 6 heteroatoms. The number of nitriles is 1. The molecule has 28 heavy (non-hydrogen) atoms. The van der Waals surface area contributed by atoms with E-state index in [2.05, 4.69) is 19.9 Å². The van der Waals surface area contributed by atoms with Gasteiger partial charge < -0.3 is 14.4 Å². The molecule has 1 amide bonds. The van der Waals surface area contributed by atoms with E-state index in [0.717, 1.165) is 19.3 Å². The number of benzene rings is 1. The molecule has 1 fully saturated rings. The van der Waals surface area contributed by atoms with Crippen LogP contribution in [0.5, 0.6) is 5.75 Å². The molecule has 152 valence electrons. The molecule has 1 aromatic rings. The summed E-state index contributed by atoms with van der Waals surface area (Å²) in [5.74, 6) is 0.0155. The van der Waals surface area contributed by atoms with E-state index in [0.29, 0.717) is 24.5 Å². The second kappa shape index (κ2) is 9.59. The molecule has 1 saturated carbocycles. The molecule has 2 rings (SSSR count).